The maximum Gasteiger partial charge on any atom is 0.280 e. The smallest absolute Gasteiger partial charge is 0.280 e. The van der Waals surface area contributed by atoms with Crippen LogP contribution in [0.25, 0.3) is 16.9 Å². The van der Waals surface area contributed by atoms with Crippen LogP contribution in [0, 0.1) is 12.3 Å². The van der Waals surface area contributed by atoms with Gasteiger partial charge in [0.15, 0.2) is 5.82 Å². The Morgan fingerprint density at radius 1 is 1.25 bits per heavy atom. The number of rotatable bonds is 4. The van der Waals surface area contributed by atoms with Gasteiger partial charge in [0.1, 0.15) is 0 Å². The molecule has 4 rings (SSSR count). The van der Waals surface area contributed by atoms with Gasteiger partial charge in [-0.25, -0.2) is 9.67 Å². The van der Waals surface area contributed by atoms with Crippen LogP contribution in [0.4, 0.5) is 0 Å². The summed E-state index contributed by atoms with van der Waals surface area (Å²) in [5.41, 5.74) is 2.27. The second-order valence-electron chi connectivity index (χ2n) is 6.85. The van der Waals surface area contributed by atoms with Gasteiger partial charge in [-0.3, -0.25) is 14.7 Å². The number of likely N-dealkylation sites (tertiary alicyclic amines) is 1. The lowest BCUT2D eigenvalue weighted by Crippen LogP contribution is -2.57. The molecule has 0 bridgehead atoms. The zero-order valence-electron chi connectivity index (χ0n) is 15.3. The molecule has 1 aromatic carbocycles. The highest BCUT2D eigenvalue weighted by Gasteiger charge is 2.25. The van der Waals surface area contributed by atoms with Crippen molar-refractivity contribution >= 4 is 5.91 Å². The van der Waals surface area contributed by atoms with Crippen molar-refractivity contribution in [1.82, 2.24) is 25.0 Å². The minimum Gasteiger partial charge on any atom is -0.347 e. The molecule has 1 aliphatic rings. The van der Waals surface area contributed by atoms with Crippen molar-refractivity contribution in [2.24, 2.45) is 0 Å². The number of amides is 1. The number of terminal acetylenes is 1. The molecule has 0 saturated carbocycles. The molecule has 1 aliphatic heterocycles. The third kappa shape index (κ3) is 3.33. The van der Waals surface area contributed by atoms with Crippen molar-refractivity contribution < 1.29 is 4.79 Å². The third-order valence-electron chi connectivity index (χ3n) is 4.77. The Labute approximate surface area is 162 Å². The van der Waals surface area contributed by atoms with E-state index >= 15 is 0 Å². The largest absolute Gasteiger partial charge is 0.347 e. The molecule has 7 heteroatoms. The number of pyridine rings is 1. The summed E-state index contributed by atoms with van der Waals surface area (Å²) in [4.78, 5) is 31.4. The number of likely N-dealkylation sites (N-methyl/N-ethyl adjacent to an activating group) is 1. The maximum absolute atomic E-state index is 12.7. The van der Waals surface area contributed by atoms with Crippen molar-refractivity contribution in [3.63, 3.8) is 0 Å². The highest BCUT2D eigenvalue weighted by Crippen LogP contribution is 2.16. The van der Waals surface area contributed by atoms with Crippen LogP contribution in [0.15, 0.2) is 53.6 Å². The molecule has 0 spiro atoms. The Morgan fingerprint density at radius 2 is 2.00 bits per heavy atom. The lowest BCUT2D eigenvalue weighted by molar-refractivity contribution is 0.0857. The summed E-state index contributed by atoms with van der Waals surface area (Å²) in [5, 5.41) is 5.87. The standard InChI is InChI=1S/C21H19N5O2/c1-3-14-4-6-15(7-5-14)18-11-23-26(21(18)28)19-9-8-16(10-22-19)20(27)24-17-12-25(2)13-17/h1,4-11,17,23H,12-13H2,2H3,(H,24,27). The monoisotopic (exact) mass is 373 g/mol. The van der Waals surface area contributed by atoms with Gasteiger partial charge in [0.25, 0.3) is 11.5 Å². The highest BCUT2D eigenvalue weighted by molar-refractivity contribution is 5.94. The van der Waals surface area contributed by atoms with Gasteiger partial charge in [0, 0.05) is 31.0 Å². The number of nitrogens with zero attached hydrogens (tertiary/aromatic N) is 3. The highest BCUT2D eigenvalue weighted by atomic mass is 16.2. The normalized spacial score (nSPS) is 14.3. The van der Waals surface area contributed by atoms with E-state index in [0.717, 1.165) is 24.2 Å². The van der Waals surface area contributed by atoms with Crippen LogP contribution in [0.1, 0.15) is 15.9 Å². The first-order chi connectivity index (χ1) is 13.5. The first kappa shape index (κ1) is 17.8. The summed E-state index contributed by atoms with van der Waals surface area (Å²) in [6.07, 6.45) is 8.47. The van der Waals surface area contributed by atoms with Crippen LogP contribution in [0.5, 0.6) is 0 Å². The van der Waals surface area contributed by atoms with Gasteiger partial charge in [-0.1, -0.05) is 18.1 Å². The minimum atomic E-state index is -0.226. The summed E-state index contributed by atoms with van der Waals surface area (Å²) in [6.45, 7) is 1.69. The molecule has 1 fully saturated rings. The quantitative estimate of drug-likeness (QED) is 0.675. The van der Waals surface area contributed by atoms with Crippen LogP contribution in [-0.2, 0) is 0 Å². The van der Waals surface area contributed by atoms with Gasteiger partial charge in [0.05, 0.1) is 17.2 Å². The molecule has 3 heterocycles. The van der Waals surface area contributed by atoms with Crippen molar-refractivity contribution in [2.75, 3.05) is 20.1 Å². The van der Waals surface area contributed by atoms with Crippen LogP contribution in [0.2, 0.25) is 0 Å². The number of hydrogen-bond donors (Lipinski definition) is 2. The Kier molecular flexibility index (Phi) is 4.55. The van der Waals surface area contributed by atoms with Crippen LogP contribution in [0.3, 0.4) is 0 Å². The molecular formula is C21H19N5O2. The van der Waals surface area contributed by atoms with Crippen molar-refractivity contribution in [3.05, 3.63) is 70.3 Å². The van der Waals surface area contributed by atoms with E-state index in [9.17, 15) is 9.59 Å². The molecule has 140 valence electrons. The number of nitrogens with one attached hydrogen (secondary N) is 2. The number of benzene rings is 1. The Balaban J connectivity index is 1.53. The Bertz CT molecular complexity index is 1100. The summed E-state index contributed by atoms with van der Waals surface area (Å²) in [5.74, 6) is 2.80. The third-order valence-corrected chi connectivity index (χ3v) is 4.77. The average molecular weight is 373 g/mol. The van der Waals surface area contributed by atoms with E-state index in [4.69, 9.17) is 6.42 Å². The molecule has 28 heavy (non-hydrogen) atoms. The summed E-state index contributed by atoms with van der Waals surface area (Å²) < 4.78 is 1.34. The number of carbonyl (C=O) groups is 1. The van der Waals surface area contributed by atoms with Crippen LogP contribution < -0.4 is 10.9 Å². The van der Waals surface area contributed by atoms with E-state index in [0.29, 0.717) is 16.9 Å². The molecule has 1 amide bonds. The second kappa shape index (κ2) is 7.18. The molecule has 2 N–H and O–H groups in total. The molecule has 0 radical (unpaired) electrons. The van der Waals surface area contributed by atoms with Gasteiger partial charge in [-0.2, -0.15) is 0 Å². The van der Waals surface area contributed by atoms with Crippen LogP contribution in [-0.4, -0.2) is 51.8 Å². The van der Waals surface area contributed by atoms with Crippen molar-refractivity contribution in [2.45, 2.75) is 6.04 Å². The Morgan fingerprint density at radius 3 is 2.61 bits per heavy atom. The van der Waals surface area contributed by atoms with Gasteiger partial charge in [-0.05, 0) is 36.9 Å². The van der Waals surface area contributed by atoms with E-state index in [1.165, 1.54) is 10.9 Å². The predicted octanol–water partition coefficient (Wildman–Crippen LogP) is 1.25. The zero-order valence-corrected chi connectivity index (χ0v) is 15.3. The van der Waals surface area contributed by atoms with E-state index < -0.39 is 0 Å². The molecule has 2 aromatic heterocycles. The number of aromatic amines is 1. The summed E-state index contributed by atoms with van der Waals surface area (Å²) in [6, 6.07) is 10.7. The molecule has 0 unspecified atom stereocenters. The van der Waals surface area contributed by atoms with Gasteiger partial charge >= 0.3 is 0 Å². The van der Waals surface area contributed by atoms with E-state index in [-0.39, 0.29) is 17.5 Å². The van der Waals surface area contributed by atoms with Crippen molar-refractivity contribution in [1.29, 1.82) is 0 Å². The SMILES string of the molecule is C#Cc1ccc(-c2c[nH]n(-c3ccc(C(=O)NC4CN(C)C4)cn3)c2=O)cc1. The topological polar surface area (TPSA) is 83.0 Å². The van der Waals surface area contributed by atoms with Gasteiger partial charge < -0.3 is 10.2 Å². The van der Waals surface area contributed by atoms with Crippen LogP contribution >= 0.6 is 0 Å². The summed E-state index contributed by atoms with van der Waals surface area (Å²) in [7, 11) is 2.00. The molecule has 3 aromatic rings. The number of carbonyl (C=O) groups excluding carboxylic acids is 1. The zero-order chi connectivity index (χ0) is 19.7. The summed E-state index contributed by atoms with van der Waals surface area (Å²) >= 11 is 0. The van der Waals surface area contributed by atoms with Gasteiger partial charge in [0.2, 0.25) is 0 Å². The fourth-order valence-corrected chi connectivity index (χ4v) is 3.20. The van der Waals surface area contributed by atoms with E-state index in [2.05, 4.69) is 26.2 Å². The van der Waals surface area contributed by atoms with Crippen molar-refractivity contribution in [3.8, 4) is 29.3 Å². The first-order valence-electron chi connectivity index (χ1n) is 8.88. The molecule has 0 aliphatic carbocycles. The molecular weight excluding hydrogens is 354 g/mol. The second-order valence-corrected chi connectivity index (χ2v) is 6.85. The number of H-pyrrole nitrogens is 1. The lowest BCUT2D eigenvalue weighted by atomic mass is 10.1. The van der Waals surface area contributed by atoms with E-state index in [1.807, 2.05) is 19.2 Å². The maximum atomic E-state index is 12.7. The average Bonchev–Trinajstić information content (AvgIpc) is 3.08. The predicted molar refractivity (Wildman–Crippen MR) is 106 cm³/mol. The number of aromatic nitrogens is 3. The first-order valence-corrected chi connectivity index (χ1v) is 8.88. The molecule has 1 saturated heterocycles. The minimum absolute atomic E-state index is 0.162. The van der Waals surface area contributed by atoms with E-state index in [1.54, 1.807) is 30.5 Å². The lowest BCUT2D eigenvalue weighted by Gasteiger charge is -2.36. The number of hydrogen-bond acceptors (Lipinski definition) is 4. The fraction of sp³-hybridized carbons (Fsp3) is 0.190. The molecule has 0 atom stereocenters. The Hall–Kier alpha value is -3.63. The fourth-order valence-electron chi connectivity index (χ4n) is 3.20. The molecule has 7 nitrogen and oxygen atoms in total. The van der Waals surface area contributed by atoms with Gasteiger partial charge in [-0.15, -0.1) is 6.42 Å².